The van der Waals surface area contributed by atoms with E-state index in [1.165, 1.54) is 24.0 Å². The van der Waals surface area contributed by atoms with E-state index >= 15 is 8.63 Å². The molecule has 0 aromatic carbocycles. The van der Waals surface area contributed by atoms with Gasteiger partial charge in [-0.2, -0.15) is 0 Å². The highest BCUT2D eigenvalue weighted by Crippen LogP contribution is 2.65. The highest BCUT2D eigenvalue weighted by Gasteiger charge is 2.62. The molecule has 11 heteroatoms. The summed E-state index contributed by atoms with van der Waals surface area (Å²) in [5.74, 6) is 3.30. The van der Waals surface area contributed by atoms with E-state index in [0.29, 0.717) is 85.0 Å². The van der Waals surface area contributed by atoms with Crippen LogP contribution in [0.3, 0.4) is 0 Å². The molecule has 4 aliphatic heterocycles. The average molecular weight is 841 g/mol. The number of nitrogens with one attached hydrogen (secondary N) is 1. The number of aliphatic hydroxyl groups excluding tert-OH is 1. The number of halogens is 2. The molecule has 0 amide bonds. The van der Waals surface area contributed by atoms with Crippen LogP contribution < -0.4 is 5.32 Å². The molecule has 61 heavy (non-hydrogen) atoms. The van der Waals surface area contributed by atoms with Crippen molar-refractivity contribution in [3.8, 4) is 0 Å². The number of unbranched alkanes of at least 4 members (excludes halogenated alkanes) is 3. The molecule has 2 saturated carbocycles. The maximum Gasteiger partial charge on any atom is 0.737 e. The summed E-state index contributed by atoms with van der Waals surface area (Å²) in [6.07, 6.45) is 21.4. The van der Waals surface area contributed by atoms with E-state index < -0.39 is 6.97 Å². The van der Waals surface area contributed by atoms with Crippen LogP contribution in [-0.2, 0) is 14.3 Å². The van der Waals surface area contributed by atoms with Gasteiger partial charge in [-0.3, -0.25) is 19.8 Å². The molecule has 2 N–H and O–H groups in total. The zero-order valence-electron chi connectivity index (χ0n) is 37.8. The maximum absolute atomic E-state index is 15.7. The number of nitrogens with zero attached hydrogens (tertiary/aromatic N) is 3. The van der Waals surface area contributed by atoms with E-state index in [-0.39, 0.29) is 41.2 Å². The standard InChI is InChI=1S/C50H71BF2N4O4/c1-31-23-47-48(35(5)50(61-47)22-20-42-43-18-13-36-25-40(59)19-21-49(36,6)45(43)27-44(42)34(50)4)55(29-31)30-54-28-41(60)12-10-8-7-9-11-39(58)17-16-37-14-15-38-26-46-32(2)24-33(3)56(46)51(52,53)57(37)38/h13-15,24,26,31,35,40,42-43,45,47-48,54,59H,7-12,16-23,25,27-30H2,1-6H3/t31?,35?,40-,42?,43?,45?,47+,48?,49?,50?/m0/s1. The molecule has 10 atom stereocenters. The third kappa shape index (κ3) is 7.47. The van der Waals surface area contributed by atoms with E-state index in [4.69, 9.17) is 4.74 Å². The number of Topliss-reactive ketones (excluding diaryl/α,β-unsaturated/α-hetero) is 2. The smallest absolute Gasteiger partial charge is 0.394 e. The van der Waals surface area contributed by atoms with Crippen molar-refractivity contribution in [3.05, 3.63) is 63.7 Å². The average Bonchev–Trinajstić information content (AvgIpc) is 3.96. The SMILES string of the molecule is CC1=C2CC3C(CC=C4C[C@@H](O)CCC43C)C2CCC12O[C@@H]1CC(C)CN(CNCC(=O)CCCCCCC(=O)CCC3=[N+]4C(=Cc5c(C)cc(C)n5[B-]4(F)F)C=C3)C1C2C. The summed E-state index contributed by atoms with van der Waals surface area (Å²) in [4.78, 5) is 28.4. The van der Waals surface area contributed by atoms with E-state index in [1.54, 1.807) is 30.7 Å². The monoisotopic (exact) mass is 841 g/mol. The predicted octanol–water partition coefficient (Wildman–Crippen LogP) is 9.24. The number of likely N-dealkylation sites (tertiary alicyclic amines) is 1. The molecule has 332 valence electrons. The van der Waals surface area contributed by atoms with Gasteiger partial charge in [-0.05, 0) is 137 Å². The van der Waals surface area contributed by atoms with Crippen LogP contribution in [-0.4, -0.2) is 86.8 Å². The molecule has 0 bridgehead atoms. The third-order valence-corrected chi connectivity index (χ3v) is 17.5. The number of piperidine rings is 1. The second-order valence-corrected chi connectivity index (χ2v) is 21.1. The number of carbonyl (C=O) groups excluding carboxylic acids is 2. The predicted molar refractivity (Wildman–Crippen MR) is 238 cm³/mol. The summed E-state index contributed by atoms with van der Waals surface area (Å²) in [6.45, 7) is 11.3. The Bertz CT molecular complexity index is 2100. The fourth-order valence-electron chi connectivity index (χ4n) is 14.4. The number of allylic oxidation sites excluding steroid dienone is 4. The molecule has 8 aliphatic rings. The van der Waals surface area contributed by atoms with E-state index in [1.807, 2.05) is 13.0 Å². The number of ketones is 2. The van der Waals surface area contributed by atoms with Gasteiger partial charge < -0.3 is 27.4 Å². The number of carbonyl (C=O) groups is 2. The van der Waals surface area contributed by atoms with E-state index in [0.717, 1.165) is 91.2 Å². The van der Waals surface area contributed by atoms with Crippen molar-refractivity contribution in [3.63, 3.8) is 0 Å². The Morgan fingerprint density at radius 3 is 2.57 bits per heavy atom. The minimum atomic E-state index is -4.01. The molecule has 1 aromatic heterocycles. The molecule has 4 fully saturated rings. The number of rotatable bonds is 14. The van der Waals surface area contributed by atoms with Crippen molar-refractivity contribution in [2.75, 3.05) is 19.8 Å². The molecule has 8 nitrogen and oxygen atoms in total. The molecule has 4 aliphatic carbocycles. The zero-order valence-corrected chi connectivity index (χ0v) is 37.8. The van der Waals surface area contributed by atoms with Crippen LogP contribution in [0.5, 0.6) is 0 Å². The summed E-state index contributed by atoms with van der Waals surface area (Å²) in [6, 6.07) is 2.13. The minimum absolute atomic E-state index is 0.102. The van der Waals surface area contributed by atoms with Crippen molar-refractivity contribution in [1.82, 2.24) is 14.7 Å². The van der Waals surface area contributed by atoms with Gasteiger partial charge in [0, 0.05) is 74.8 Å². The molecule has 0 radical (unpaired) electrons. The van der Waals surface area contributed by atoms with Crippen LogP contribution in [0.4, 0.5) is 8.63 Å². The normalized spacial score (nSPS) is 36.0. The lowest BCUT2D eigenvalue weighted by Gasteiger charge is -2.49. The Morgan fingerprint density at radius 1 is 1.02 bits per heavy atom. The van der Waals surface area contributed by atoms with Gasteiger partial charge in [-0.15, -0.1) is 0 Å². The van der Waals surface area contributed by atoms with E-state index in [2.05, 4.69) is 44.0 Å². The summed E-state index contributed by atoms with van der Waals surface area (Å²) < 4.78 is 41.1. The fraction of sp³-hybridized carbons (Fsp3) is 0.700. The van der Waals surface area contributed by atoms with Crippen molar-refractivity contribution in [1.29, 1.82) is 0 Å². The molecular weight excluding hydrogens is 769 g/mol. The second-order valence-electron chi connectivity index (χ2n) is 21.1. The van der Waals surface area contributed by atoms with Gasteiger partial charge in [0.2, 0.25) is 0 Å². The van der Waals surface area contributed by atoms with Crippen LogP contribution in [0.1, 0.15) is 147 Å². The fourth-order valence-corrected chi connectivity index (χ4v) is 14.4. The molecule has 9 rings (SSSR count). The molecule has 8 unspecified atom stereocenters. The first-order chi connectivity index (χ1) is 29.1. The van der Waals surface area contributed by atoms with Crippen LogP contribution in [0.2, 0.25) is 0 Å². The topological polar surface area (TPSA) is 86.8 Å². The van der Waals surface area contributed by atoms with Gasteiger partial charge in [-0.25, -0.2) is 0 Å². The van der Waals surface area contributed by atoms with Crippen molar-refractivity contribution in [2.24, 2.45) is 35.0 Å². The zero-order chi connectivity index (χ0) is 43.0. The summed E-state index contributed by atoms with van der Waals surface area (Å²) in [5, 5.41) is 14.0. The number of hydrogen-bond donors (Lipinski definition) is 2. The number of aromatic nitrogens is 1. The van der Waals surface area contributed by atoms with E-state index in [9.17, 15) is 14.7 Å². The van der Waals surface area contributed by atoms with Crippen molar-refractivity contribution < 1.29 is 32.6 Å². The first kappa shape index (κ1) is 43.3. The largest absolute Gasteiger partial charge is 0.737 e. The van der Waals surface area contributed by atoms with Gasteiger partial charge in [0.1, 0.15) is 17.3 Å². The number of aryl methyl sites for hydroxylation is 2. The molecule has 1 spiro atoms. The Hall–Kier alpha value is -2.99. The first-order valence-corrected chi connectivity index (χ1v) is 24.1. The molecule has 1 aromatic rings. The first-order valence-electron chi connectivity index (χ1n) is 24.1. The molecule has 5 heterocycles. The van der Waals surface area contributed by atoms with Gasteiger partial charge in [-0.1, -0.05) is 50.8 Å². The lowest BCUT2D eigenvalue weighted by molar-refractivity contribution is -0.362. The van der Waals surface area contributed by atoms with Gasteiger partial charge in [0.05, 0.1) is 24.4 Å². The van der Waals surface area contributed by atoms with Crippen LogP contribution in [0, 0.1) is 48.9 Å². The Labute approximate surface area is 363 Å². The number of ether oxygens (including phenoxy) is 1. The number of fused-ring (bicyclic) bond motifs is 8. The maximum atomic E-state index is 15.7. The van der Waals surface area contributed by atoms with Gasteiger partial charge >= 0.3 is 6.97 Å². The lowest BCUT2D eigenvalue weighted by atomic mass is 9.56. The molecular formula is C50H71BF2N4O4. The number of aliphatic hydroxyl groups is 1. The van der Waals surface area contributed by atoms with Crippen LogP contribution in [0.25, 0.3) is 6.08 Å². The summed E-state index contributed by atoms with van der Waals surface area (Å²) in [5.41, 5.74) is 7.71. The highest BCUT2D eigenvalue weighted by atomic mass is 19.2. The van der Waals surface area contributed by atoms with Crippen molar-refractivity contribution in [2.45, 2.75) is 168 Å². The highest BCUT2D eigenvalue weighted by molar-refractivity contribution is 6.58. The Balaban J connectivity index is 0.712. The Morgan fingerprint density at radius 2 is 1.79 bits per heavy atom. The van der Waals surface area contributed by atoms with Crippen LogP contribution >= 0.6 is 0 Å². The summed E-state index contributed by atoms with van der Waals surface area (Å²) in [7, 11) is 0. The lowest BCUT2D eigenvalue weighted by Crippen LogP contribution is -2.55. The van der Waals surface area contributed by atoms with Gasteiger partial charge in [0.15, 0.2) is 5.70 Å². The number of hydrogen-bond acceptors (Lipinski definition) is 6. The van der Waals surface area contributed by atoms with Gasteiger partial charge in [0.25, 0.3) is 0 Å². The van der Waals surface area contributed by atoms with Crippen LogP contribution in [0.15, 0.2) is 46.7 Å². The third-order valence-electron chi connectivity index (χ3n) is 17.5. The quantitative estimate of drug-likeness (QED) is 0.110. The van der Waals surface area contributed by atoms with Crippen molar-refractivity contribution >= 4 is 30.3 Å². The Kier molecular flexibility index (Phi) is 11.7. The second kappa shape index (κ2) is 16.5. The minimum Gasteiger partial charge on any atom is -0.394 e. The summed E-state index contributed by atoms with van der Waals surface area (Å²) >= 11 is 0. The molecule has 2 saturated heterocycles.